The summed E-state index contributed by atoms with van der Waals surface area (Å²) in [7, 11) is 0. The van der Waals surface area contributed by atoms with Gasteiger partial charge in [0.15, 0.2) is 0 Å². The van der Waals surface area contributed by atoms with Gasteiger partial charge >= 0.3 is 5.97 Å². The predicted molar refractivity (Wildman–Crippen MR) is 76.3 cm³/mol. The first kappa shape index (κ1) is 15.3. The van der Waals surface area contributed by atoms with E-state index in [1.165, 1.54) is 0 Å². The van der Waals surface area contributed by atoms with Gasteiger partial charge in [-0.1, -0.05) is 13.8 Å². The minimum absolute atomic E-state index is 0.0272. The van der Waals surface area contributed by atoms with Crippen LogP contribution in [0, 0.1) is 17.3 Å². The van der Waals surface area contributed by atoms with E-state index in [9.17, 15) is 9.59 Å². The van der Waals surface area contributed by atoms with Gasteiger partial charge in [0.05, 0.1) is 5.92 Å². The Morgan fingerprint density at radius 2 is 2.00 bits per heavy atom. The first-order chi connectivity index (χ1) is 9.41. The van der Waals surface area contributed by atoms with Crippen molar-refractivity contribution in [3.05, 3.63) is 0 Å². The van der Waals surface area contributed by atoms with E-state index in [0.29, 0.717) is 18.8 Å². The molecule has 3 atom stereocenters. The van der Waals surface area contributed by atoms with E-state index >= 15 is 0 Å². The Bertz CT molecular complexity index is 375. The van der Waals surface area contributed by atoms with Crippen LogP contribution in [0.25, 0.3) is 0 Å². The van der Waals surface area contributed by atoms with Crippen LogP contribution in [-0.4, -0.2) is 36.1 Å². The molecule has 1 aliphatic heterocycles. The molecule has 5 heteroatoms. The molecule has 1 aliphatic carbocycles. The molecule has 2 aliphatic rings. The molecule has 1 saturated heterocycles. The highest BCUT2D eigenvalue weighted by atomic mass is 16.4. The Labute approximate surface area is 120 Å². The molecule has 0 radical (unpaired) electrons. The summed E-state index contributed by atoms with van der Waals surface area (Å²) in [5, 5.41) is 15.4. The molecule has 0 aromatic carbocycles. The zero-order valence-electron chi connectivity index (χ0n) is 12.4. The number of hydrogen-bond acceptors (Lipinski definition) is 3. The first-order valence-electron chi connectivity index (χ1n) is 7.65. The molecule has 20 heavy (non-hydrogen) atoms. The lowest BCUT2D eigenvalue weighted by molar-refractivity contribution is -0.141. The third-order valence-corrected chi connectivity index (χ3v) is 5.02. The number of carbonyl (C=O) groups excluding carboxylic acids is 1. The molecule has 1 heterocycles. The lowest BCUT2D eigenvalue weighted by Crippen LogP contribution is -2.49. The molecule has 0 spiro atoms. The lowest BCUT2D eigenvalue weighted by atomic mass is 9.74. The highest BCUT2D eigenvalue weighted by Gasteiger charge is 2.39. The van der Waals surface area contributed by atoms with E-state index in [-0.39, 0.29) is 17.9 Å². The van der Waals surface area contributed by atoms with Crippen LogP contribution in [0.15, 0.2) is 0 Å². The Hall–Kier alpha value is -1.10. The minimum atomic E-state index is -0.738. The molecular formula is C15H26N2O3. The average Bonchev–Trinajstić information content (AvgIpc) is 2.88. The normalized spacial score (nSPS) is 31.0. The molecule has 114 valence electrons. The number of carbonyl (C=O) groups is 2. The Morgan fingerprint density at radius 3 is 2.55 bits per heavy atom. The summed E-state index contributed by atoms with van der Waals surface area (Å²) in [5.74, 6) is -0.604. The SMILES string of the molecule is CC(C)(C(=O)NC1CCC(C(=O)O)C1)C1CCCNC1. The van der Waals surface area contributed by atoms with Crippen molar-refractivity contribution < 1.29 is 14.7 Å². The smallest absolute Gasteiger partial charge is 0.306 e. The van der Waals surface area contributed by atoms with Gasteiger partial charge in [0.2, 0.25) is 5.91 Å². The number of piperidine rings is 1. The van der Waals surface area contributed by atoms with Gasteiger partial charge < -0.3 is 15.7 Å². The average molecular weight is 282 g/mol. The van der Waals surface area contributed by atoms with Crippen molar-refractivity contribution in [1.82, 2.24) is 10.6 Å². The summed E-state index contributed by atoms with van der Waals surface area (Å²) in [6.45, 7) is 5.94. The molecule has 1 amide bonds. The number of rotatable bonds is 4. The standard InChI is InChI=1S/C15H26N2O3/c1-15(2,11-4-3-7-16-9-11)14(20)17-12-6-5-10(8-12)13(18)19/h10-12,16H,3-9H2,1-2H3,(H,17,20)(H,18,19). The van der Waals surface area contributed by atoms with Crippen molar-refractivity contribution in [3.8, 4) is 0 Å². The van der Waals surface area contributed by atoms with E-state index in [2.05, 4.69) is 10.6 Å². The van der Waals surface area contributed by atoms with E-state index in [1.54, 1.807) is 0 Å². The zero-order chi connectivity index (χ0) is 14.8. The van der Waals surface area contributed by atoms with Crippen molar-refractivity contribution in [1.29, 1.82) is 0 Å². The molecule has 2 fully saturated rings. The van der Waals surface area contributed by atoms with Crippen molar-refractivity contribution in [2.45, 2.75) is 52.0 Å². The molecule has 0 aromatic heterocycles. The van der Waals surface area contributed by atoms with Crippen LogP contribution < -0.4 is 10.6 Å². The van der Waals surface area contributed by atoms with Gasteiger partial charge in [0.1, 0.15) is 0 Å². The number of carboxylic acids is 1. The highest BCUT2D eigenvalue weighted by molar-refractivity contribution is 5.82. The molecule has 3 unspecified atom stereocenters. The molecule has 2 rings (SSSR count). The van der Waals surface area contributed by atoms with Gasteiger partial charge in [-0.15, -0.1) is 0 Å². The number of carboxylic acid groups (broad SMARTS) is 1. The third-order valence-electron chi connectivity index (χ3n) is 5.02. The Morgan fingerprint density at radius 1 is 1.25 bits per heavy atom. The second-order valence-corrected chi connectivity index (χ2v) is 6.78. The third kappa shape index (κ3) is 3.32. The zero-order valence-corrected chi connectivity index (χ0v) is 12.4. The van der Waals surface area contributed by atoms with Gasteiger partial charge in [0.25, 0.3) is 0 Å². The summed E-state index contributed by atoms with van der Waals surface area (Å²) in [5.41, 5.74) is -0.394. The van der Waals surface area contributed by atoms with Crippen LogP contribution in [0.1, 0.15) is 46.0 Å². The summed E-state index contributed by atoms with van der Waals surface area (Å²) in [4.78, 5) is 23.5. The molecule has 5 nitrogen and oxygen atoms in total. The fourth-order valence-corrected chi connectivity index (χ4v) is 3.36. The summed E-state index contributed by atoms with van der Waals surface area (Å²) in [6, 6.07) is 0.0272. The lowest BCUT2D eigenvalue weighted by Gasteiger charge is -2.36. The van der Waals surface area contributed by atoms with Crippen LogP contribution in [0.2, 0.25) is 0 Å². The maximum atomic E-state index is 12.5. The van der Waals surface area contributed by atoms with E-state index in [1.807, 2.05) is 13.8 Å². The summed E-state index contributed by atoms with van der Waals surface area (Å²) < 4.78 is 0. The maximum absolute atomic E-state index is 12.5. The first-order valence-corrected chi connectivity index (χ1v) is 7.65. The molecule has 0 bridgehead atoms. The van der Waals surface area contributed by atoms with E-state index in [0.717, 1.165) is 32.4 Å². The topological polar surface area (TPSA) is 78.4 Å². The van der Waals surface area contributed by atoms with Crippen LogP contribution >= 0.6 is 0 Å². The monoisotopic (exact) mass is 282 g/mol. The van der Waals surface area contributed by atoms with Gasteiger partial charge in [0, 0.05) is 11.5 Å². The summed E-state index contributed by atoms with van der Waals surface area (Å²) >= 11 is 0. The second-order valence-electron chi connectivity index (χ2n) is 6.78. The number of amides is 1. The Balaban J connectivity index is 1.89. The molecule has 0 aromatic rings. The number of aliphatic carboxylic acids is 1. The molecule has 1 saturated carbocycles. The Kier molecular flexibility index (Phi) is 4.68. The van der Waals surface area contributed by atoms with Crippen LogP contribution in [0.3, 0.4) is 0 Å². The molecule has 3 N–H and O–H groups in total. The van der Waals surface area contributed by atoms with Gasteiger partial charge in [-0.3, -0.25) is 9.59 Å². The van der Waals surface area contributed by atoms with E-state index in [4.69, 9.17) is 5.11 Å². The van der Waals surface area contributed by atoms with Crippen molar-refractivity contribution in [2.75, 3.05) is 13.1 Å². The van der Waals surface area contributed by atoms with Crippen LogP contribution in [-0.2, 0) is 9.59 Å². The fraction of sp³-hybridized carbons (Fsp3) is 0.867. The minimum Gasteiger partial charge on any atom is -0.481 e. The second kappa shape index (κ2) is 6.12. The van der Waals surface area contributed by atoms with Crippen LogP contribution in [0.4, 0.5) is 0 Å². The highest BCUT2D eigenvalue weighted by Crippen LogP contribution is 2.33. The van der Waals surface area contributed by atoms with Crippen molar-refractivity contribution >= 4 is 11.9 Å². The number of hydrogen-bond donors (Lipinski definition) is 3. The number of nitrogens with one attached hydrogen (secondary N) is 2. The van der Waals surface area contributed by atoms with Crippen LogP contribution in [0.5, 0.6) is 0 Å². The largest absolute Gasteiger partial charge is 0.481 e. The predicted octanol–water partition coefficient (Wildman–Crippen LogP) is 1.38. The van der Waals surface area contributed by atoms with Gasteiger partial charge in [-0.25, -0.2) is 0 Å². The molecular weight excluding hydrogens is 256 g/mol. The van der Waals surface area contributed by atoms with Gasteiger partial charge in [-0.2, -0.15) is 0 Å². The van der Waals surface area contributed by atoms with Gasteiger partial charge in [-0.05, 0) is 51.1 Å². The fourth-order valence-electron chi connectivity index (χ4n) is 3.36. The maximum Gasteiger partial charge on any atom is 0.306 e. The van der Waals surface area contributed by atoms with E-state index < -0.39 is 11.4 Å². The van der Waals surface area contributed by atoms with Crippen molar-refractivity contribution in [3.63, 3.8) is 0 Å². The summed E-state index contributed by atoms with van der Waals surface area (Å²) in [6.07, 6.45) is 4.22. The quantitative estimate of drug-likeness (QED) is 0.728. The van der Waals surface area contributed by atoms with Crippen molar-refractivity contribution in [2.24, 2.45) is 17.3 Å².